The van der Waals surface area contributed by atoms with Crippen LogP contribution in [0, 0.1) is 0 Å². The summed E-state index contributed by atoms with van der Waals surface area (Å²) in [5.74, 6) is -0.107. The van der Waals surface area contributed by atoms with Crippen LogP contribution in [-0.4, -0.2) is 10.5 Å². The molecule has 0 spiro atoms. The number of halogens is 2. The fourth-order valence-corrected chi connectivity index (χ4v) is 3.28. The second kappa shape index (κ2) is 5.91. The summed E-state index contributed by atoms with van der Waals surface area (Å²) in [6.07, 6.45) is 1.76. The van der Waals surface area contributed by atoms with Crippen molar-refractivity contribution in [2.24, 2.45) is 0 Å². The zero-order valence-electron chi connectivity index (χ0n) is 9.74. The Morgan fingerprint density at radius 1 is 1.61 bits per heavy atom. The number of hydrogen-bond donors (Lipinski definition) is 1. The van der Waals surface area contributed by atoms with Crippen LogP contribution in [-0.2, 0) is 13.1 Å². The number of nitrogens with zero attached hydrogens (tertiary/aromatic N) is 1. The molecule has 0 unspecified atom stereocenters. The number of carbonyl (C=O) groups is 1. The Hall–Kier alpha value is -0.780. The molecule has 0 saturated carbocycles. The van der Waals surface area contributed by atoms with Crippen molar-refractivity contribution in [1.29, 1.82) is 0 Å². The van der Waals surface area contributed by atoms with E-state index in [1.54, 1.807) is 23.6 Å². The molecule has 2 aromatic heterocycles. The van der Waals surface area contributed by atoms with Crippen molar-refractivity contribution in [2.45, 2.75) is 20.0 Å². The molecule has 2 heterocycles. The van der Waals surface area contributed by atoms with E-state index in [9.17, 15) is 4.79 Å². The Kier molecular flexibility index (Phi) is 4.48. The lowest BCUT2D eigenvalue weighted by atomic mass is 10.3. The molecule has 18 heavy (non-hydrogen) atoms. The van der Waals surface area contributed by atoms with E-state index in [1.807, 2.05) is 22.9 Å². The molecule has 0 aliphatic rings. The highest BCUT2D eigenvalue weighted by molar-refractivity contribution is 9.10. The average Bonchev–Trinajstić information content (AvgIpc) is 2.92. The zero-order valence-corrected chi connectivity index (χ0v) is 12.9. The van der Waals surface area contributed by atoms with Gasteiger partial charge in [-0.2, -0.15) is 0 Å². The second-order valence-corrected chi connectivity index (χ2v) is 6.00. The fourth-order valence-electron chi connectivity index (χ4n) is 1.63. The topological polar surface area (TPSA) is 34.0 Å². The second-order valence-electron chi connectivity index (χ2n) is 3.70. The van der Waals surface area contributed by atoms with Gasteiger partial charge in [-0.15, -0.1) is 11.3 Å². The predicted octanol–water partition coefficient (Wildman–Crippen LogP) is 3.92. The van der Waals surface area contributed by atoms with Crippen molar-refractivity contribution in [1.82, 2.24) is 9.88 Å². The summed E-state index contributed by atoms with van der Waals surface area (Å²) in [7, 11) is 0. The van der Waals surface area contributed by atoms with Crippen LogP contribution in [0.2, 0.25) is 5.02 Å². The largest absolute Gasteiger partial charge is 0.346 e. The number of rotatable bonds is 4. The van der Waals surface area contributed by atoms with Crippen LogP contribution in [0.5, 0.6) is 0 Å². The highest BCUT2D eigenvalue weighted by Gasteiger charge is 2.12. The van der Waals surface area contributed by atoms with Crippen molar-refractivity contribution < 1.29 is 4.79 Å². The third-order valence-electron chi connectivity index (χ3n) is 2.54. The standard InChI is InChI=1S/C12H12BrClN2OS/c1-2-16-7-8(14)5-10(16)12(17)15-6-11-9(13)3-4-18-11/h3-5,7H,2,6H2,1H3,(H,15,17). The molecule has 0 fully saturated rings. The Balaban J connectivity index is 2.06. The third kappa shape index (κ3) is 2.96. The molecule has 0 aliphatic carbocycles. The number of thiophene rings is 1. The maximum Gasteiger partial charge on any atom is 0.268 e. The molecular weight excluding hydrogens is 336 g/mol. The molecule has 0 bridgehead atoms. The molecule has 0 saturated heterocycles. The predicted molar refractivity (Wildman–Crippen MR) is 78.3 cm³/mol. The first kappa shape index (κ1) is 13.6. The minimum Gasteiger partial charge on any atom is -0.346 e. The van der Waals surface area contributed by atoms with Gasteiger partial charge < -0.3 is 9.88 Å². The number of carbonyl (C=O) groups excluding carboxylic acids is 1. The molecule has 3 nitrogen and oxygen atoms in total. The Morgan fingerprint density at radius 3 is 3.00 bits per heavy atom. The van der Waals surface area contributed by atoms with Gasteiger partial charge in [0.1, 0.15) is 5.69 Å². The van der Waals surface area contributed by atoms with Crippen molar-refractivity contribution in [3.63, 3.8) is 0 Å². The molecule has 96 valence electrons. The lowest BCUT2D eigenvalue weighted by Gasteiger charge is -2.07. The minimum absolute atomic E-state index is 0.107. The summed E-state index contributed by atoms with van der Waals surface area (Å²) >= 11 is 11.0. The lowest BCUT2D eigenvalue weighted by molar-refractivity contribution is 0.0942. The zero-order chi connectivity index (χ0) is 13.1. The first-order valence-electron chi connectivity index (χ1n) is 5.47. The Labute approximate surface area is 123 Å². The number of aryl methyl sites for hydroxylation is 1. The molecule has 0 aromatic carbocycles. The molecule has 0 radical (unpaired) electrons. The molecule has 0 atom stereocenters. The molecule has 2 rings (SSSR count). The van der Waals surface area contributed by atoms with Crippen LogP contribution in [0.1, 0.15) is 22.3 Å². The van der Waals surface area contributed by atoms with Crippen LogP contribution in [0.4, 0.5) is 0 Å². The van der Waals surface area contributed by atoms with Gasteiger partial charge in [-0.05, 0) is 40.4 Å². The average molecular weight is 348 g/mol. The van der Waals surface area contributed by atoms with Crippen LogP contribution in [0.3, 0.4) is 0 Å². The fraction of sp³-hybridized carbons (Fsp3) is 0.250. The van der Waals surface area contributed by atoms with Crippen LogP contribution >= 0.6 is 38.9 Å². The van der Waals surface area contributed by atoms with Gasteiger partial charge >= 0.3 is 0 Å². The van der Waals surface area contributed by atoms with E-state index in [0.29, 0.717) is 17.3 Å². The lowest BCUT2D eigenvalue weighted by Crippen LogP contribution is -2.24. The molecular formula is C12H12BrClN2OS. The van der Waals surface area contributed by atoms with Crippen molar-refractivity contribution >= 4 is 44.8 Å². The molecule has 1 amide bonds. The summed E-state index contributed by atoms with van der Waals surface area (Å²) in [6, 6.07) is 3.65. The van der Waals surface area contributed by atoms with E-state index >= 15 is 0 Å². The van der Waals surface area contributed by atoms with Gasteiger partial charge in [0.25, 0.3) is 5.91 Å². The SMILES string of the molecule is CCn1cc(Cl)cc1C(=O)NCc1sccc1Br. The smallest absolute Gasteiger partial charge is 0.268 e. The van der Waals surface area contributed by atoms with Gasteiger partial charge in [0.05, 0.1) is 11.6 Å². The monoisotopic (exact) mass is 346 g/mol. The summed E-state index contributed by atoms with van der Waals surface area (Å²) in [5.41, 5.74) is 0.593. The van der Waals surface area contributed by atoms with E-state index in [0.717, 1.165) is 15.9 Å². The summed E-state index contributed by atoms with van der Waals surface area (Å²) in [5, 5.41) is 5.46. The summed E-state index contributed by atoms with van der Waals surface area (Å²) in [6.45, 7) is 3.21. The van der Waals surface area contributed by atoms with E-state index < -0.39 is 0 Å². The van der Waals surface area contributed by atoms with Gasteiger partial charge in [0.2, 0.25) is 0 Å². The van der Waals surface area contributed by atoms with Crippen LogP contribution in [0.15, 0.2) is 28.2 Å². The van der Waals surface area contributed by atoms with Crippen molar-refractivity contribution in [3.05, 3.63) is 43.8 Å². The Morgan fingerprint density at radius 2 is 2.39 bits per heavy atom. The maximum atomic E-state index is 12.0. The normalized spacial score (nSPS) is 10.6. The summed E-state index contributed by atoms with van der Waals surface area (Å²) < 4.78 is 2.86. The van der Waals surface area contributed by atoms with E-state index in [-0.39, 0.29) is 5.91 Å². The van der Waals surface area contributed by atoms with Crippen LogP contribution in [0.25, 0.3) is 0 Å². The number of hydrogen-bond acceptors (Lipinski definition) is 2. The Bertz CT molecular complexity index is 564. The number of amides is 1. The third-order valence-corrected chi connectivity index (χ3v) is 4.67. The van der Waals surface area contributed by atoms with E-state index in [2.05, 4.69) is 21.2 Å². The minimum atomic E-state index is -0.107. The highest BCUT2D eigenvalue weighted by atomic mass is 79.9. The summed E-state index contributed by atoms with van der Waals surface area (Å²) in [4.78, 5) is 13.1. The van der Waals surface area contributed by atoms with Gasteiger partial charge in [0, 0.05) is 22.1 Å². The van der Waals surface area contributed by atoms with Gasteiger partial charge in [-0.3, -0.25) is 4.79 Å². The number of aromatic nitrogens is 1. The maximum absolute atomic E-state index is 12.0. The van der Waals surface area contributed by atoms with E-state index in [1.165, 1.54) is 0 Å². The van der Waals surface area contributed by atoms with Crippen LogP contribution < -0.4 is 5.32 Å². The van der Waals surface area contributed by atoms with Gasteiger partial charge in [0.15, 0.2) is 0 Å². The number of nitrogens with one attached hydrogen (secondary N) is 1. The molecule has 6 heteroatoms. The highest BCUT2D eigenvalue weighted by Crippen LogP contribution is 2.22. The van der Waals surface area contributed by atoms with E-state index in [4.69, 9.17) is 11.6 Å². The quantitative estimate of drug-likeness (QED) is 0.894. The molecule has 1 N–H and O–H groups in total. The van der Waals surface area contributed by atoms with Gasteiger partial charge in [-0.1, -0.05) is 11.6 Å². The molecule has 2 aromatic rings. The van der Waals surface area contributed by atoms with Gasteiger partial charge in [-0.25, -0.2) is 0 Å². The molecule has 0 aliphatic heterocycles. The van der Waals surface area contributed by atoms with Crippen molar-refractivity contribution in [2.75, 3.05) is 0 Å². The first-order valence-corrected chi connectivity index (χ1v) is 7.52. The van der Waals surface area contributed by atoms with Crippen molar-refractivity contribution in [3.8, 4) is 0 Å². The first-order chi connectivity index (χ1) is 8.61.